The van der Waals surface area contributed by atoms with Crippen LogP contribution in [0.4, 0.5) is 0 Å². The molecule has 0 saturated heterocycles. The summed E-state index contributed by atoms with van der Waals surface area (Å²) >= 11 is 6.18. The summed E-state index contributed by atoms with van der Waals surface area (Å²) < 4.78 is 15.5. The van der Waals surface area contributed by atoms with Gasteiger partial charge >= 0.3 is 11.9 Å². The molecule has 0 aliphatic carbocycles. The SMILES string of the molecule is COc1cc(C=C2N=C(c3ccc(C)cc3)OC2=O)cc(Cl)c1OC(C)=O. The Kier molecular flexibility index (Phi) is 5.28. The van der Waals surface area contributed by atoms with Crippen LogP contribution in [0.5, 0.6) is 11.5 Å². The van der Waals surface area contributed by atoms with Crippen LogP contribution >= 0.6 is 11.6 Å². The van der Waals surface area contributed by atoms with Crippen LogP contribution in [-0.2, 0) is 14.3 Å². The molecule has 0 fully saturated rings. The van der Waals surface area contributed by atoms with Gasteiger partial charge in [-0.25, -0.2) is 9.79 Å². The lowest BCUT2D eigenvalue weighted by molar-refractivity contribution is -0.132. The Morgan fingerprint density at radius 1 is 1.22 bits per heavy atom. The zero-order valence-corrected chi connectivity index (χ0v) is 15.7. The van der Waals surface area contributed by atoms with Crippen molar-refractivity contribution in [1.82, 2.24) is 0 Å². The molecule has 2 aromatic rings. The Morgan fingerprint density at radius 3 is 2.56 bits per heavy atom. The number of carbonyl (C=O) groups excluding carboxylic acids is 2. The van der Waals surface area contributed by atoms with E-state index in [0.29, 0.717) is 11.1 Å². The second-order valence-electron chi connectivity index (χ2n) is 5.83. The maximum Gasteiger partial charge on any atom is 0.363 e. The van der Waals surface area contributed by atoms with Gasteiger partial charge in [0.25, 0.3) is 0 Å². The van der Waals surface area contributed by atoms with Gasteiger partial charge in [0.2, 0.25) is 5.90 Å². The van der Waals surface area contributed by atoms with Crippen LogP contribution in [0.3, 0.4) is 0 Å². The summed E-state index contributed by atoms with van der Waals surface area (Å²) in [6.07, 6.45) is 1.52. The van der Waals surface area contributed by atoms with Crippen molar-refractivity contribution in [3.8, 4) is 11.5 Å². The standard InChI is InChI=1S/C20H16ClNO5/c1-11-4-6-14(7-5-11)19-22-16(20(24)27-19)9-13-8-15(21)18(26-12(2)23)17(10-13)25-3/h4-10H,1-3H3. The number of halogens is 1. The molecule has 1 aliphatic rings. The quantitative estimate of drug-likeness (QED) is 0.453. The molecule has 0 amide bonds. The van der Waals surface area contributed by atoms with Crippen molar-refractivity contribution >= 4 is 35.5 Å². The first-order chi connectivity index (χ1) is 12.9. The fourth-order valence-corrected chi connectivity index (χ4v) is 2.71. The van der Waals surface area contributed by atoms with Crippen molar-refractivity contribution in [2.45, 2.75) is 13.8 Å². The van der Waals surface area contributed by atoms with Gasteiger partial charge in [0, 0.05) is 12.5 Å². The number of cyclic esters (lactones) is 1. The molecular weight excluding hydrogens is 370 g/mol. The molecular formula is C20H16ClNO5. The Morgan fingerprint density at radius 2 is 1.93 bits per heavy atom. The molecule has 0 N–H and O–H groups in total. The van der Waals surface area contributed by atoms with E-state index in [0.717, 1.165) is 5.56 Å². The zero-order valence-electron chi connectivity index (χ0n) is 14.9. The van der Waals surface area contributed by atoms with E-state index in [4.69, 9.17) is 25.8 Å². The molecule has 0 unspecified atom stereocenters. The van der Waals surface area contributed by atoms with Crippen LogP contribution in [0, 0.1) is 6.92 Å². The van der Waals surface area contributed by atoms with Gasteiger partial charge in [-0.3, -0.25) is 4.79 Å². The summed E-state index contributed by atoms with van der Waals surface area (Å²) in [5.41, 5.74) is 2.48. The number of hydrogen-bond acceptors (Lipinski definition) is 6. The lowest BCUT2D eigenvalue weighted by Gasteiger charge is -2.10. The highest BCUT2D eigenvalue weighted by molar-refractivity contribution is 6.32. The molecule has 27 heavy (non-hydrogen) atoms. The van der Waals surface area contributed by atoms with Gasteiger partial charge in [0.15, 0.2) is 17.2 Å². The van der Waals surface area contributed by atoms with E-state index in [9.17, 15) is 9.59 Å². The molecule has 0 aromatic heterocycles. The van der Waals surface area contributed by atoms with Gasteiger partial charge in [-0.05, 0) is 42.8 Å². The number of esters is 2. The largest absolute Gasteiger partial charge is 0.493 e. The molecule has 1 heterocycles. The molecule has 0 radical (unpaired) electrons. The minimum atomic E-state index is -0.565. The minimum absolute atomic E-state index is 0.117. The third-order valence-corrected chi connectivity index (χ3v) is 4.00. The van der Waals surface area contributed by atoms with E-state index in [1.165, 1.54) is 20.1 Å². The summed E-state index contributed by atoms with van der Waals surface area (Å²) in [6.45, 7) is 3.23. The fraction of sp³-hybridized carbons (Fsp3) is 0.150. The number of hydrogen-bond donors (Lipinski definition) is 0. The maximum absolute atomic E-state index is 12.1. The van der Waals surface area contributed by atoms with E-state index >= 15 is 0 Å². The summed E-state index contributed by atoms with van der Waals surface area (Å²) in [5.74, 6) is -0.469. The lowest BCUT2D eigenvalue weighted by atomic mass is 10.1. The van der Waals surface area contributed by atoms with Crippen LogP contribution in [0.2, 0.25) is 5.02 Å². The van der Waals surface area contributed by atoms with E-state index < -0.39 is 11.9 Å². The summed E-state index contributed by atoms with van der Waals surface area (Å²) in [6, 6.07) is 10.6. The average Bonchev–Trinajstić information content (AvgIpc) is 2.98. The average molecular weight is 386 g/mol. The number of rotatable bonds is 4. The highest BCUT2D eigenvalue weighted by Gasteiger charge is 2.24. The van der Waals surface area contributed by atoms with Crippen molar-refractivity contribution in [2.75, 3.05) is 7.11 Å². The molecule has 0 bridgehead atoms. The second-order valence-corrected chi connectivity index (χ2v) is 6.24. The van der Waals surface area contributed by atoms with E-state index in [-0.39, 0.29) is 28.1 Å². The molecule has 0 atom stereocenters. The summed E-state index contributed by atoms with van der Waals surface area (Å²) in [7, 11) is 1.42. The monoisotopic (exact) mass is 385 g/mol. The molecule has 0 saturated carbocycles. The van der Waals surface area contributed by atoms with E-state index in [2.05, 4.69) is 4.99 Å². The predicted molar refractivity (Wildman–Crippen MR) is 101 cm³/mol. The molecule has 0 spiro atoms. The zero-order chi connectivity index (χ0) is 19.6. The second kappa shape index (κ2) is 7.63. The van der Waals surface area contributed by atoms with Gasteiger partial charge in [-0.15, -0.1) is 0 Å². The predicted octanol–water partition coefficient (Wildman–Crippen LogP) is 3.93. The first-order valence-electron chi connectivity index (χ1n) is 8.03. The first-order valence-corrected chi connectivity index (χ1v) is 8.40. The van der Waals surface area contributed by atoms with Crippen molar-refractivity contribution in [3.05, 3.63) is 63.8 Å². The molecule has 6 nitrogen and oxygen atoms in total. The molecule has 7 heteroatoms. The van der Waals surface area contributed by atoms with Gasteiger partial charge in [-0.2, -0.15) is 0 Å². The van der Waals surface area contributed by atoms with Crippen LogP contribution in [0.15, 0.2) is 47.1 Å². The van der Waals surface area contributed by atoms with Gasteiger partial charge in [0.05, 0.1) is 12.1 Å². The maximum atomic E-state index is 12.1. The van der Waals surface area contributed by atoms with Gasteiger partial charge in [0.1, 0.15) is 0 Å². The minimum Gasteiger partial charge on any atom is -0.493 e. The van der Waals surface area contributed by atoms with Crippen LogP contribution in [-0.4, -0.2) is 24.9 Å². The number of methoxy groups -OCH3 is 1. The Hall–Kier alpha value is -3.12. The molecule has 138 valence electrons. The fourth-order valence-electron chi connectivity index (χ4n) is 2.45. The Balaban J connectivity index is 1.96. The molecule has 3 rings (SSSR count). The van der Waals surface area contributed by atoms with Crippen LogP contribution in [0.1, 0.15) is 23.6 Å². The number of aryl methyl sites for hydroxylation is 1. The summed E-state index contributed by atoms with van der Waals surface area (Å²) in [5, 5.41) is 0.172. The molecule has 2 aromatic carbocycles. The van der Waals surface area contributed by atoms with Crippen molar-refractivity contribution in [3.63, 3.8) is 0 Å². The number of aliphatic imine (C=N–C) groups is 1. The van der Waals surface area contributed by atoms with E-state index in [1.54, 1.807) is 12.1 Å². The third-order valence-electron chi connectivity index (χ3n) is 3.72. The Bertz CT molecular complexity index is 977. The van der Waals surface area contributed by atoms with E-state index in [1.807, 2.05) is 31.2 Å². The lowest BCUT2D eigenvalue weighted by Crippen LogP contribution is -2.05. The number of carbonyl (C=O) groups is 2. The van der Waals surface area contributed by atoms with Crippen LogP contribution < -0.4 is 9.47 Å². The van der Waals surface area contributed by atoms with Crippen molar-refractivity contribution in [2.24, 2.45) is 4.99 Å². The van der Waals surface area contributed by atoms with Crippen molar-refractivity contribution in [1.29, 1.82) is 0 Å². The molecule has 1 aliphatic heterocycles. The highest BCUT2D eigenvalue weighted by atomic mass is 35.5. The van der Waals surface area contributed by atoms with Gasteiger partial charge < -0.3 is 14.2 Å². The third kappa shape index (κ3) is 4.17. The number of nitrogens with zero attached hydrogens (tertiary/aromatic N) is 1. The smallest absolute Gasteiger partial charge is 0.363 e. The number of benzene rings is 2. The summed E-state index contributed by atoms with van der Waals surface area (Å²) in [4.78, 5) is 27.6. The number of ether oxygens (including phenoxy) is 3. The normalized spacial score (nSPS) is 14.7. The first kappa shape index (κ1) is 18.7. The highest BCUT2D eigenvalue weighted by Crippen LogP contribution is 2.37. The van der Waals surface area contributed by atoms with Crippen LogP contribution in [0.25, 0.3) is 6.08 Å². The van der Waals surface area contributed by atoms with Crippen molar-refractivity contribution < 1.29 is 23.8 Å². The topological polar surface area (TPSA) is 74.2 Å². The Labute approximate surface area is 161 Å². The van der Waals surface area contributed by atoms with Gasteiger partial charge in [-0.1, -0.05) is 29.3 Å².